The zero-order valence-electron chi connectivity index (χ0n) is 17.3. The quantitative estimate of drug-likeness (QED) is 0.508. The van der Waals surface area contributed by atoms with Crippen molar-refractivity contribution in [3.05, 3.63) is 59.9 Å². The van der Waals surface area contributed by atoms with Crippen LogP contribution in [-0.4, -0.2) is 38.4 Å². The number of hydrogen-bond acceptors (Lipinski definition) is 6. The Kier molecular flexibility index (Phi) is 7.03. The number of rotatable bonds is 6. The summed E-state index contributed by atoms with van der Waals surface area (Å²) < 4.78 is 1.69. The Bertz CT molecular complexity index is 1130. The first-order chi connectivity index (χ1) is 14.8. The Morgan fingerprint density at radius 2 is 1.87 bits per heavy atom. The predicted molar refractivity (Wildman–Crippen MR) is 119 cm³/mol. The van der Waals surface area contributed by atoms with Crippen molar-refractivity contribution in [2.24, 2.45) is 0 Å². The van der Waals surface area contributed by atoms with Crippen molar-refractivity contribution in [1.29, 1.82) is 0 Å². The van der Waals surface area contributed by atoms with Crippen LogP contribution in [0, 0.1) is 13.8 Å². The van der Waals surface area contributed by atoms with Gasteiger partial charge in [-0.15, -0.1) is 10.2 Å². The molecule has 31 heavy (non-hydrogen) atoms. The Morgan fingerprint density at radius 1 is 1.06 bits per heavy atom. The summed E-state index contributed by atoms with van der Waals surface area (Å²) in [7, 11) is 0. The second-order valence-corrected chi connectivity index (χ2v) is 7.77. The van der Waals surface area contributed by atoms with Gasteiger partial charge in [0.2, 0.25) is 11.8 Å². The summed E-state index contributed by atoms with van der Waals surface area (Å²) in [5, 5.41) is 16.1. The van der Waals surface area contributed by atoms with Gasteiger partial charge >= 0.3 is 6.03 Å². The zero-order valence-corrected chi connectivity index (χ0v) is 18.1. The van der Waals surface area contributed by atoms with E-state index in [1.54, 1.807) is 28.8 Å². The van der Waals surface area contributed by atoms with Crippen LogP contribution in [0.4, 0.5) is 16.2 Å². The molecule has 3 N–H and O–H groups in total. The molecule has 160 valence electrons. The molecule has 0 aliphatic heterocycles. The summed E-state index contributed by atoms with van der Waals surface area (Å²) in [6.45, 7) is 5.28. The number of aromatic nitrogens is 3. The number of thioether (sulfide) groups is 1. The Labute approximate surface area is 183 Å². The molecule has 1 heterocycles. The fraction of sp³-hybridized carbons (Fsp3) is 0.190. The molecular formula is C21H22N6O3S. The molecule has 0 fully saturated rings. The Morgan fingerprint density at radius 3 is 2.61 bits per heavy atom. The van der Waals surface area contributed by atoms with Gasteiger partial charge in [-0.3, -0.25) is 19.5 Å². The van der Waals surface area contributed by atoms with Gasteiger partial charge in [0.15, 0.2) is 5.16 Å². The Hall–Kier alpha value is -3.66. The molecule has 0 radical (unpaired) electrons. The molecule has 9 nitrogen and oxygen atoms in total. The van der Waals surface area contributed by atoms with E-state index < -0.39 is 11.9 Å². The zero-order chi connectivity index (χ0) is 22.4. The molecule has 4 amide bonds. The van der Waals surface area contributed by atoms with E-state index in [2.05, 4.69) is 26.1 Å². The van der Waals surface area contributed by atoms with Crippen LogP contribution in [0.2, 0.25) is 0 Å². The van der Waals surface area contributed by atoms with Crippen molar-refractivity contribution in [2.45, 2.75) is 25.9 Å². The van der Waals surface area contributed by atoms with E-state index in [1.807, 2.05) is 32.0 Å². The lowest BCUT2D eigenvalue weighted by molar-refractivity contribution is -0.117. The molecule has 0 aliphatic rings. The molecule has 10 heteroatoms. The largest absolute Gasteiger partial charge is 0.326 e. The molecule has 0 unspecified atom stereocenters. The highest BCUT2D eigenvalue weighted by molar-refractivity contribution is 7.99. The molecule has 0 atom stereocenters. The first-order valence-corrected chi connectivity index (χ1v) is 10.4. The summed E-state index contributed by atoms with van der Waals surface area (Å²) >= 11 is 1.14. The van der Waals surface area contributed by atoms with Gasteiger partial charge in [-0.2, -0.15) is 0 Å². The van der Waals surface area contributed by atoms with Crippen molar-refractivity contribution in [1.82, 2.24) is 20.1 Å². The van der Waals surface area contributed by atoms with Crippen molar-refractivity contribution in [3.8, 4) is 5.69 Å². The number of carbonyl (C=O) groups is 3. The van der Waals surface area contributed by atoms with Crippen LogP contribution >= 0.6 is 11.8 Å². The minimum atomic E-state index is -0.595. The summed E-state index contributed by atoms with van der Waals surface area (Å²) in [5.41, 5.74) is 4.00. The molecule has 3 aromatic rings. The number of anilines is 2. The maximum absolute atomic E-state index is 12.2. The Balaban J connectivity index is 1.58. The van der Waals surface area contributed by atoms with Gasteiger partial charge in [-0.05, 0) is 43.7 Å². The minimum absolute atomic E-state index is 0.0234. The van der Waals surface area contributed by atoms with Crippen LogP contribution in [-0.2, 0) is 9.59 Å². The maximum atomic E-state index is 12.2. The number of nitrogens with one attached hydrogen (secondary N) is 3. The first kappa shape index (κ1) is 22.0. The van der Waals surface area contributed by atoms with Crippen molar-refractivity contribution in [2.75, 3.05) is 16.4 Å². The highest BCUT2D eigenvalue weighted by Crippen LogP contribution is 2.21. The van der Waals surface area contributed by atoms with Crippen LogP contribution in [0.5, 0.6) is 0 Å². The lowest BCUT2D eigenvalue weighted by Gasteiger charge is -2.10. The number of hydrogen-bond donors (Lipinski definition) is 3. The second kappa shape index (κ2) is 9.90. The summed E-state index contributed by atoms with van der Waals surface area (Å²) in [6.07, 6.45) is 1.51. The maximum Gasteiger partial charge on any atom is 0.325 e. The van der Waals surface area contributed by atoms with Gasteiger partial charge in [0, 0.05) is 18.3 Å². The molecule has 1 aromatic heterocycles. The van der Waals surface area contributed by atoms with Crippen molar-refractivity contribution >= 4 is 41.0 Å². The molecule has 0 saturated carbocycles. The van der Waals surface area contributed by atoms with Crippen LogP contribution in [0.25, 0.3) is 5.69 Å². The number of amides is 4. The molecule has 0 spiro atoms. The smallest absolute Gasteiger partial charge is 0.325 e. The average Bonchev–Trinajstić information content (AvgIpc) is 3.17. The number of carbonyl (C=O) groups excluding carboxylic acids is 3. The van der Waals surface area contributed by atoms with E-state index in [1.165, 1.54) is 13.3 Å². The van der Waals surface area contributed by atoms with E-state index in [-0.39, 0.29) is 11.7 Å². The summed E-state index contributed by atoms with van der Waals surface area (Å²) in [6, 6.07) is 12.2. The molecule has 2 aromatic carbocycles. The fourth-order valence-corrected chi connectivity index (χ4v) is 3.57. The monoisotopic (exact) mass is 438 g/mol. The molecular weight excluding hydrogens is 416 g/mol. The highest BCUT2D eigenvalue weighted by atomic mass is 32.2. The number of urea groups is 1. The van der Waals surface area contributed by atoms with E-state index in [0.717, 1.165) is 28.6 Å². The van der Waals surface area contributed by atoms with Gasteiger partial charge in [-0.25, -0.2) is 4.79 Å². The summed E-state index contributed by atoms with van der Waals surface area (Å²) in [4.78, 5) is 35.6. The van der Waals surface area contributed by atoms with Crippen LogP contribution in [0.3, 0.4) is 0 Å². The topological polar surface area (TPSA) is 118 Å². The van der Waals surface area contributed by atoms with E-state index in [9.17, 15) is 14.4 Å². The molecule has 0 saturated heterocycles. The molecule has 0 aliphatic carbocycles. The summed E-state index contributed by atoms with van der Waals surface area (Å²) in [5.74, 6) is -0.662. The number of aryl methyl sites for hydroxylation is 2. The fourth-order valence-electron chi connectivity index (χ4n) is 2.84. The average molecular weight is 439 g/mol. The van der Waals surface area contributed by atoms with Crippen LogP contribution < -0.4 is 16.0 Å². The van der Waals surface area contributed by atoms with Gasteiger partial charge in [0.25, 0.3) is 0 Å². The van der Waals surface area contributed by atoms with Crippen molar-refractivity contribution in [3.63, 3.8) is 0 Å². The number of imide groups is 1. The third kappa shape index (κ3) is 6.16. The van der Waals surface area contributed by atoms with Gasteiger partial charge in [0.1, 0.15) is 6.33 Å². The van der Waals surface area contributed by atoms with Gasteiger partial charge < -0.3 is 10.6 Å². The highest BCUT2D eigenvalue weighted by Gasteiger charge is 2.13. The second-order valence-electron chi connectivity index (χ2n) is 6.82. The molecule has 0 bridgehead atoms. The lowest BCUT2D eigenvalue weighted by atomic mass is 10.1. The lowest BCUT2D eigenvalue weighted by Crippen LogP contribution is -2.35. The number of nitrogens with zero attached hydrogens (tertiary/aromatic N) is 3. The van der Waals surface area contributed by atoms with Crippen LogP contribution in [0.15, 0.2) is 53.9 Å². The predicted octanol–water partition coefficient (Wildman–Crippen LogP) is 3.28. The standard InChI is InChI=1S/C21H22N6O3S/c1-13-7-8-18(14(2)9-13)24-20(30)25-19(29)11-31-21-26-22-12-27(21)17-6-4-5-16(10-17)23-15(3)28/h4-10,12H,11H2,1-3H3,(H,23,28)(H2,24,25,29,30). The van der Waals surface area contributed by atoms with Gasteiger partial charge in [-0.1, -0.05) is 35.5 Å². The third-order valence-electron chi connectivity index (χ3n) is 4.18. The van der Waals surface area contributed by atoms with E-state index in [0.29, 0.717) is 16.5 Å². The number of benzene rings is 2. The minimum Gasteiger partial charge on any atom is -0.326 e. The normalized spacial score (nSPS) is 10.4. The molecule has 3 rings (SSSR count). The SMILES string of the molecule is CC(=O)Nc1cccc(-n2cnnc2SCC(=O)NC(=O)Nc2ccc(C)cc2C)c1. The van der Waals surface area contributed by atoms with Crippen LogP contribution in [0.1, 0.15) is 18.1 Å². The van der Waals surface area contributed by atoms with E-state index >= 15 is 0 Å². The van der Waals surface area contributed by atoms with Gasteiger partial charge in [0.05, 0.1) is 11.4 Å². The third-order valence-corrected chi connectivity index (χ3v) is 5.12. The first-order valence-electron chi connectivity index (χ1n) is 9.41. The van der Waals surface area contributed by atoms with Crippen molar-refractivity contribution < 1.29 is 14.4 Å². The van der Waals surface area contributed by atoms with E-state index in [4.69, 9.17) is 0 Å².